The Hall–Kier alpha value is -4.51. The molecular weight excluding hydrogens is 500 g/mol. The Morgan fingerprint density at radius 3 is 2.14 bits per heavy atom. The third kappa shape index (κ3) is 6.19. The topological polar surface area (TPSA) is 151 Å². The summed E-state index contributed by atoms with van der Waals surface area (Å²) in [4.78, 5) is 48.7. The van der Waals surface area contributed by atoms with E-state index < -0.39 is 28.7 Å². The Labute approximate surface area is 215 Å². The van der Waals surface area contributed by atoms with Crippen LogP contribution in [0.4, 0.5) is 11.4 Å². The van der Waals surface area contributed by atoms with E-state index in [-0.39, 0.29) is 17.0 Å². The highest BCUT2D eigenvalue weighted by atomic mass is 32.2. The van der Waals surface area contributed by atoms with Gasteiger partial charge in [-0.3, -0.25) is 9.59 Å². The van der Waals surface area contributed by atoms with Crippen LogP contribution in [-0.4, -0.2) is 52.4 Å². The first-order valence-electron chi connectivity index (χ1n) is 11.1. The van der Waals surface area contributed by atoms with Gasteiger partial charge >= 0.3 is 11.9 Å². The fourth-order valence-corrected chi connectivity index (χ4v) is 4.36. The van der Waals surface area contributed by atoms with E-state index in [0.717, 1.165) is 17.0 Å². The molecule has 11 heteroatoms. The van der Waals surface area contributed by atoms with E-state index in [9.17, 15) is 24.3 Å². The fourth-order valence-electron chi connectivity index (χ4n) is 3.49. The first kappa shape index (κ1) is 25.6. The van der Waals surface area contributed by atoms with Crippen LogP contribution in [0.15, 0.2) is 65.6 Å². The van der Waals surface area contributed by atoms with Crippen LogP contribution >= 0.6 is 11.8 Å². The minimum atomic E-state index is -1.41. The lowest BCUT2D eigenvalue weighted by molar-refractivity contribution is -0.115. The van der Waals surface area contributed by atoms with E-state index in [0.29, 0.717) is 36.1 Å². The molecule has 0 aromatic heterocycles. The Morgan fingerprint density at radius 1 is 0.784 bits per heavy atom. The number of carbonyl (C=O) groups excluding carboxylic acids is 2. The molecule has 1 unspecified atom stereocenters. The zero-order chi connectivity index (χ0) is 26.5. The van der Waals surface area contributed by atoms with Gasteiger partial charge < -0.3 is 30.3 Å². The third-order valence-electron chi connectivity index (χ3n) is 5.35. The summed E-state index contributed by atoms with van der Waals surface area (Å²) in [5.41, 5.74) is 0.184. The minimum absolute atomic E-state index is 0.166. The van der Waals surface area contributed by atoms with Crippen molar-refractivity contribution in [3.63, 3.8) is 0 Å². The predicted molar refractivity (Wildman–Crippen MR) is 136 cm³/mol. The van der Waals surface area contributed by atoms with E-state index in [1.54, 1.807) is 49.4 Å². The molecular formula is C26H22N2O8S. The summed E-state index contributed by atoms with van der Waals surface area (Å²) in [6.07, 6.45) is 0. The van der Waals surface area contributed by atoms with Crippen molar-refractivity contribution in [1.29, 1.82) is 0 Å². The molecule has 2 amide bonds. The van der Waals surface area contributed by atoms with Gasteiger partial charge in [0.05, 0.1) is 21.9 Å². The summed E-state index contributed by atoms with van der Waals surface area (Å²) in [7, 11) is 0. The molecule has 0 bridgehead atoms. The largest absolute Gasteiger partial charge is 0.486 e. The maximum absolute atomic E-state index is 12.7. The van der Waals surface area contributed by atoms with Gasteiger partial charge in [0.2, 0.25) is 5.91 Å². The number of aromatic carboxylic acids is 2. The molecule has 3 aromatic rings. The van der Waals surface area contributed by atoms with E-state index in [2.05, 4.69) is 10.6 Å². The zero-order valence-electron chi connectivity index (χ0n) is 19.5. The number of benzene rings is 3. The summed E-state index contributed by atoms with van der Waals surface area (Å²) >= 11 is 1.32. The van der Waals surface area contributed by atoms with Crippen LogP contribution < -0.4 is 20.1 Å². The molecule has 1 aliphatic rings. The molecule has 0 spiro atoms. The SMILES string of the molecule is CC(Sc1ccc(NC(=O)c2ccc(C(=O)O)cc2C(=O)O)cc1)C(=O)Nc1ccc2c(c1)OCCO2. The number of carboxylic acids is 2. The first-order valence-corrected chi connectivity index (χ1v) is 12.0. The van der Waals surface area contributed by atoms with E-state index >= 15 is 0 Å². The van der Waals surface area contributed by atoms with Crippen molar-refractivity contribution in [1.82, 2.24) is 0 Å². The lowest BCUT2D eigenvalue weighted by atomic mass is 10.0. The Balaban J connectivity index is 1.37. The van der Waals surface area contributed by atoms with Gasteiger partial charge in [0.25, 0.3) is 5.91 Å². The maximum Gasteiger partial charge on any atom is 0.336 e. The highest BCUT2D eigenvalue weighted by molar-refractivity contribution is 8.00. The highest BCUT2D eigenvalue weighted by Crippen LogP contribution is 2.33. The van der Waals surface area contributed by atoms with Crippen LogP contribution in [0.1, 0.15) is 38.0 Å². The number of hydrogen-bond acceptors (Lipinski definition) is 7. The fraction of sp³-hybridized carbons (Fsp3) is 0.154. The molecule has 10 nitrogen and oxygen atoms in total. The molecule has 0 saturated carbocycles. The molecule has 0 saturated heterocycles. The molecule has 1 atom stereocenters. The number of hydrogen-bond donors (Lipinski definition) is 4. The molecule has 1 aliphatic heterocycles. The predicted octanol–water partition coefficient (Wildman–Crippen LogP) is 4.23. The monoisotopic (exact) mass is 522 g/mol. The molecule has 0 aliphatic carbocycles. The van der Waals surface area contributed by atoms with E-state index in [1.807, 2.05) is 0 Å². The van der Waals surface area contributed by atoms with Gasteiger partial charge in [-0.15, -0.1) is 11.8 Å². The van der Waals surface area contributed by atoms with Gasteiger partial charge in [0, 0.05) is 22.3 Å². The van der Waals surface area contributed by atoms with Crippen LogP contribution in [0, 0.1) is 0 Å². The molecule has 1 heterocycles. The van der Waals surface area contributed by atoms with Crippen LogP contribution in [0.3, 0.4) is 0 Å². The normalized spacial score (nSPS) is 12.8. The van der Waals surface area contributed by atoms with Crippen molar-refractivity contribution in [2.45, 2.75) is 17.1 Å². The number of thioether (sulfide) groups is 1. The van der Waals surface area contributed by atoms with Crippen molar-refractivity contribution in [2.24, 2.45) is 0 Å². The van der Waals surface area contributed by atoms with Crippen molar-refractivity contribution in [3.8, 4) is 11.5 Å². The van der Waals surface area contributed by atoms with Crippen molar-refractivity contribution in [2.75, 3.05) is 23.8 Å². The van der Waals surface area contributed by atoms with Crippen molar-refractivity contribution < 1.29 is 38.9 Å². The average Bonchev–Trinajstić information content (AvgIpc) is 2.89. The van der Waals surface area contributed by atoms with Gasteiger partial charge in [-0.1, -0.05) is 0 Å². The molecule has 4 rings (SSSR count). The smallest absolute Gasteiger partial charge is 0.336 e. The van der Waals surface area contributed by atoms with Gasteiger partial charge in [-0.05, 0) is 61.5 Å². The summed E-state index contributed by atoms with van der Waals surface area (Å²) in [5, 5.41) is 23.5. The van der Waals surface area contributed by atoms with Gasteiger partial charge in [0.1, 0.15) is 13.2 Å². The molecule has 4 N–H and O–H groups in total. The number of rotatable bonds is 8. The maximum atomic E-state index is 12.7. The quantitative estimate of drug-likeness (QED) is 0.319. The first-order chi connectivity index (χ1) is 17.7. The molecule has 0 fully saturated rings. The third-order valence-corrected chi connectivity index (χ3v) is 6.46. The summed E-state index contributed by atoms with van der Waals surface area (Å²) < 4.78 is 11.0. The standard InChI is InChI=1S/C26H22N2O8S/c1-14(23(29)28-17-5-9-21-22(13-17)36-11-10-35-21)37-18-6-3-16(4-7-18)27-24(30)19-8-2-15(25(31)32)12-20(19)26(33)34/h2-9,12-14H,10-11H2,1H3,(H,27,30)(H,28,29)(H,31,32)(H,33,34). The molecule has 37 heavy (non-hydrogen) atoms. The number of anilines is 2. The van der Waals surface area contributed by atoms with Crippen molar-refractivity contribution in [3.05, 3.63) is 77.4 Å². The summed E-state index contributed by atoms with van der Waals surface area (Å²) in [6.45, 7) is 2.70. The number of carbonyl (C=O) groups is 4. The second kappa shape index (κ2) is 11.0. The van der Waals surface area contributed by atoms with Gasteiger partial charge in [0.15, 0.2) is 11.5 Å². The molecule has 3 aromatic carbocycles. The Kier molecular flexibility index (Phi) is 7.63. The van der Waals surface area contributed by atoms with Crippen LogP contribution in [0.2, 0.25) is 0 Å². The number of amides is 2. The lowest BCUT2D eigenvalue weighted by Crippen LogP contribution is -2.22. The molecule has 0 radical (unpaired) electrons. The Morgan fingerprint density at radius 2 is 1.46 bits per heavy atom. The number of fused-ring (bicyclic) bond motifs is 1. The average molecular weight is 523 g/mol. The highest BCUT2D eigenvalue weighted by Gasteiger charge is 2.20. The van der Waals surface area contributed by atoms with Crippen LogP contribution in [0.5, 0.6) is 11.5 Å². The van der Waals surface area contributed by atoms with E-state index in [1.165, 1.54) is 17.8 Å². The summed E-state index contributed by atoms with van der Waals surface area (Å²) in [5.74, 6) is -2.39. The van der Waals surface area contributed by atoms with E-state index in [4.69, 9.17) is 14.6 Å². The zero-order valence-corrected chi connectivity index (χ0v) is 20.3. The van der Waals surface area contributed by atoms with Crippen molar-refractivity contribution >= 4 is 46.9 Å². The van der Waals surface area contributed by atoms with Crippen LogP contribution in [-0.2, 0) is 4.79 Å². The minimum Gasteiger partial charge on any atom is -0.486 e. The number of carboxylic acid groups (broad SMARTS) is 2. The number of nitrogens with one attached hydrogen (secondary N) is 2. The van der Waals surface area contributed by atoms with Crippen LogP contribution in [0.25, 0.3) is 0 Å². The summed E-state index contributed by atoms with van der Waals surface area (Å²) in [6, 6.07) is 15.2. The molecule has 190 valence electrons. The second-order valence-electron chi connectivity index (χ2n) is 7.96. The second-order valence-corrected chi connectivity index (χ2v) is 9.37. The van der Waals surface area contributed by atoms with Gasteiger partial charge in [-0.25, -0.2) is 9.59 Å². The number of ether oxygens (including phenoxy) is 2. The van der Waals surface area contributed by atoms with Gasteiger partial charge in [-0.2, -0.15) is 0 Å². The Bertz CT molecular complexity index is 1370. The lowest BCUT2D eigenvalue weighted by Gasteiger charge is -2.19.